The molecule has 5 nitrogen and oxygen atoms in total. The highest BCUT2D eigenvalue weighted by Gasteiger charge is 2.09. The molecular weight excluding hydrogens is 362 g/mol. The van der Waals surface area contributed by atoms with Crippen LogP contribution in [-0.2, 0) is 0 Å². The average molecular weight is 380 g/mol. The molecule has 0 radical (unpaired) electrons. The molecule has 0 aromatic heterocycles. The quantitative estimate of drug-likeness (QED) is 0.750. The largest absolute Gasteiger partial charge is 0.497 e. The van der Waals surface area contributed by atoms with Gasteiger partial charge in [0.05, 0.1) is 25.2 Å². The average Bonchev–Trinajstić information content (AvgIpc) is 2.59. The standard InChI is InChI=1S/C17H18BrNO4/c1-21-13-9-12(10-14(11-13)22-2)17(20)19-7-8-23-16-6-4-3-5-15(16)18/h3-6,9-11H,7-8H2,1-2H3,(H,19,20). The molecule has 2 rings (SSSR count). The molecule has 0 unspecified atom stereocenters. The number of rotatable bonds is 7. The normalized spacial score (nSPS) is 10.0. The number of para-hydroxylation sites is 1. The molecule has 0 aliphatic rings. The number of benzene rings is 2. The molecule has 0 saturated carbocycles. The number of carbonyl (C=O) groups excluding carboxylic acids is 1. The van der Waals surface area contributed by atoms with E-state index >= 15 is 0 Å². The highest BCUT2D eigenvalue weighted by molar-refractivity contribution is 9.10. The molecular formula is C17H18BrNO4. The fraction of sp³-hybridized carbons (Fsp3) is 0.235. The highest BCUT2D eigenvalue weighted by Crippen LogP contribution is 2.24. The summed E-state index contributed by atoms with van der Waals surface area (Å²) in [5, 5.41) is 2.80. The third-order valence-electron chi connectivity index (χ3n) is 3.10. The van der Waals surface area contributed by atoms with Crippen LogP contribution in [0, 0.1) is 0 Å². The lowest BCUT2D eigenvalue weighted by Gasteiger charge is -2.10. The third-order valence-corrected chi connectivity index (χ3v) is 3.75. The van der Waals surface area contributed by atoms with E-state index in [-0.39, 0.29) is 5.91 Å². The van der Waals surface area contributed by atoms with Crippen LogP contribution in [0.3, 0.4) is 0 Å². The number of amides is 1. The predicted molar refractivity (Wildman–Crippen MR) is 91.5 cm³/mol. The van der Waals surface area contributed by atoms with Gasteiger partial charge in [-0.1, -0.05) is 12.1 Å². The Balaban J connectivity index is 1.89. The molecule has 0 spiro atoms. The molecule has 0 fully saturated rings. The van der Waals surface area contributed by atoms with Crippen molar-refractivity contribution < 1.29 is 19.0 Å². The van der Waals surface area contributed by atoms with Crippen LogP contribution in [0.2, 0.25) is 0 Å². The zero-order valence-corrected chi connectivity index (χ0v) is 14.6. The van der Waals surface area contributed by atoms with Gasteiger partial charge < -0.3 is 19.5 Å². The molecule has 0 atom stereocenters. The van der Waals surface area contributed by atoms with E-state index in [0.717, 1.165) is 10.2 Å². The molecule has 6 heteroatoms. The number of nitrogens with one attached hydrogen (secondary N) is 1. The van der Waals surface area contributed by atoms with E-state index in [4.69, 9.17) is 14.2 Å². The van der Waals surface area contributed by atoms with Crippen molar-refractivity contribution in [2.24, 2.45) is 0 Å². The van der Waals surface area contributed by atoms with Gasteiger partial charge in [0, 0.05) is 11.6 Å². The van der Waals surface area contributed by atoms with Crippen molar-refractivity contribution in [3.05, 3.63) is 52.5 Å². The highest BCUT2D eigenvalue weighted by atomic mass is 79.9. The van der Waals surface area contributed by atoms with Crippen LogP contribution in [0.25, 0.3) is 0 Å². The summed E-state index contributed by atoms with van der Waals surface area (Å²) in [7, 11) is 3.09. The van der Waals surface area contributed by atoms with E-state index in [1.807, 2.05) is 24.3 Å². The van der Waals surface area contributed by atoms with Gasteiger partial charge in [-0.15, -0.1) is 0 Å². The minimum atomic E-state index is -0.210. The Kier molecular flexibility index (Phi) is 6.29. The van der Waals surface area contributed by atoms with E-state index in [9.17, 15) is 4.79 Å². The number of hydrogen-bond donors (Lipinski definition) is 1. The van der Waals surface area contributed by atoms with Crippen molar-refractivity contribution >= 4 is 21.8 Å². The Bertz CT molecular complexity index is 653. The number of ether oxygens (including phenoxy) is 3. The lowest BCUT2D eigenvalue weighted by Crippen LogP contribution is -2.28. The Hall–Kier alpha value is -2.21. The SMILES string of the molecule is COc1cc(OC)cc(C(=O)NCCOc2ccccc2Br)c1. The van der Waals surface area contributed by atoms with E-state index in [2.05, 4.69) is 21.2 Å². The number of methoxy groups -OCH3 is 2. The molecule has 1 amide bonds. The van der Waals surface area contributed by atoms with Crippen molar-refractivity contribution in [3.8, 4) is 17.2 Å². The molecule has 23 heavy (non-hydrogen) atoms. The first-order valence-corrected chi connectivity index (χ1v) is 7.82. The zero-order valence-electron chi connectivity index (χ0n) is 13.0. The second-order valence-electron chi connectivity index (χ2n) is 4.64. The van der Waals surface area contributed by atoms with Crippen molar-refractivity contribution in [2.75, 3.05) is 27.4 Å². The molecule has 0 aliphatic carbocycles. The van der Waals surface area contributed by atoms with Crippen LogP contribution in [0.5, 0.6) is 17.2 Å². The van der Waals surface area contributed by atoms with E-state index in [1.54, 1.807) is 32.4 Å². The molecule has 122 valence electrons. The number of carbonyl (C=O) groups is 1. The maximum atomic E-state index is 12.2. The lowest BCUT2D eigenvalue weighted by molar-refractivity contribution is 0.0946. The van der Waals surface area contributed by atoms with Gasteiger partial charge >= 0.3 is 0 Å². The van der Waals surface area contributed by atoms with Gasteiger partial charge in [0.25, 0.3) is 5.91 Å². The third kappa shape index (κ3) is 4.89. The van der Waals surface area contributed by atoms with Crippen molar-refractivity contribution in [1.29, 1.82) is 0 Å². The van der Waals surface area contributed by atoms with Crippen molar-refractivity contribution in [1.82, 2.24) is 5.32 Å². The fourth-order valence-corrected chi connectivity index (χ4v) is 2.33. The summed E-state index contributed by atoms with van der Waals surface area (Å²) in [5.74, 6) is 1.67. The smallest absolute Gasteiger partial charge is 0.251 e. The van der Waals surface area contributed by atoms with E-state index < -0.39 is 0 Å². The molecule has 0 heterocycles. The van der Waals surface area contributed by atoms with Gasteiger partial charge in [-0.25, -0.2) is 0 Å². The van der Waals surface area contributed by atoms with E-state index in [1.165, 1.54) is 0 Å². The van der Waals surface area contributed by atoms with E-state index in [0.29, 0.717) is 30.2 Å². The predicted octanol–water partition coefficient (Wildman–Crippen LogP) is 3.28. The molecule has 2 aromatic carbocycles. The summed E-state index contributed by atoms with van der Waals surface area (Å²) in [6.45, 7) is 0.759. The summed E-state index contributed by atoms with van der Waals surface area (Å²) in [6, 6.07) is 12.6. The monoisotopic (exact) mass is 379 g/mol. The molecule has 0 bridgehead atoms. The minimum absolute atomic E-state index is 0.210. The van der Waals surface area contributed by atoms with Crippen LogP contribution in [0.15, 0.2) is 46.9 Å². The first kappa shape index (κ1) is 17.1. The van der Waals surface area contributed by atoms with Gasteiger partial charge in [-0.05, 0) is 40.2 Å². The summed E-state index contributed by atoms with van der Waals surface area (Å²) in [4.78, 5) is 12.2. The summed E-state index contributed by atoms with van der Waals surface area (Å²) in [6.07, 6.45) is 0. The van der Waals surface area contributed by atoms with Crippen LogP contribution in [0.4, 0.5) is 0 Å². The number of halogens is 1. The Morgan fingerprint density at radius 3 is 2.35 bits per heavy atom. The van der Waals surface area contributed by atoms with Gasteiger partial charge in [-0.2, -0.15) is 0 Å². The summed E-state index contributed by atoms with van der Waals surface area (Å²) in [5.41, 5.74) is 0.474. The molecule has 0 aliphatic heterocycles. The van der Waals surface area contributed by atoms with Crippen molar-refractivity contribution in [2.45, 2.75) is 0 Å². The maximum Gasteiger partial charge on any atom is 0.251 e. The number of hydrogen-bond acceptors (Lipinski definition) is 4. The fourth-order valence-electron chi connectivity index (χ4n) is 1.93. The minimum Gasteiger partial charge on any atom is -0.497 e. The molecule has 1 N–H and O–H groups in total. The second-order valence-corrected chi connectivity index (χ2v) is 5.49. The molecule has 0 saturated heterocycles. The topological polar surface area (TPSA) is 56.8 Å². The van der Waals surface area contributed by atoms with Crippen molar-refractivity contribution in [3.63, 3.8) is 0 Å². The zero-order chi connectivity index (χ0) is 16.7. The Labute approximate surface area is 143 Å². The summed E-state index contributed by atoms with van der Waals surface area (Å²) < 4.78 is 16.8. The van der Waals surface area contributed by atoms with Crippen LogP contribution in [0.1, 0.15) is 10.4 Å². The first-order valence-electron chi connectivity index (χ1n) is 7.02. The maximum absolute atomic E-state index is 12.2. The Morgan fingerprint density at radius 2 is 1.74 bits per heavy atom. The van der Waals surface area contributed by atoms with Crippen LogP contribution < -0.4 is 19.5 Å². The van der Waals surface area contributed by atoms with Crippen LogP contribution >= 0.6 is 15.9 Å². The lowest BCUT2D eigenvalue weighted by atomic mass is 10.2. The van der Waals surface area contributed by atoms with Crippen LogP contribution in [-0.4, -0.2) is 33.3 Å². The Morgan fingerprint density at radius 1 is 1.09 bits per heavy atom. The van der Waals surface area contributed by atoms with Gasteiger partial charge in [0.1, 0.15) is 23.9 Å². The van der Waals surface area contributed by atoms with Gasteiger partial charge in [0.2, 0.25) is 0 Å². The van der Waals surface area contributed by atoms with Gasteiger partial charge in [0.15, 0.2) is 0 Å². The second kappa shape index (κ2) is 8.43. The summed E-state index contributed by atoms with van der Waals surface area (Å²) >= 11 is 3.41. The van der Waals surface area contributed by atoms with Gasteiger partial charge in [-0.3, -0.25) is 4.79 Å². The first-order chi connectivity index (χ1) is 11.1. The molecule has 2 aromatic rings.